The van der Waals surface area contributed by atoms with Crippen LogP contribution in [-0.2, 0) is 0 Å². The fourth-order valence-corrected chi connectivity index (χ4v) is 9.16. The molecule has 0 aromatic heterocycles. The minimum absolute atomic E-state index is 0.219. The molecule has 4 rings (SSSR count). The molecule has 4 fully saturated rings. The Kier molecular flexibility index (Phi) is 19.4. The van der Waals surface area contributed by atoms with Gasteiger partial charge in [0.2, 0.25) is 0 Å². The van der Waals surface area contributed by atoms with E-state index in [1.807, 2.05) is 0 Å². The van der Waals surface area contributed by atoms with Crippen LogP contribution in [0.4, 0.5) is 0 Å². The van der Waals surface area contributed by atoms with E-state index >= 15 is 0 Å². The Hall–Kier alpha value is -0.280. The van der Waals surface area contributed by atoms with Crippen molar-refractivity contribution < 1.29 is 20.4 Å². The van der Waals surface area contributed by atoms with Gasteiger partial charge in [0.25, 0.3) is 0 Å². The van der Waals surface area contributed by atoms with Gasteiger partial charge in [0.05, 0.1) is 0 Å². The van der Waals surface area contributed by atoms with Gasteiger partial charge < -0.3 is 37.6 Å². The van der Waals surface area contributed by atoms with Crippen molar-refractivity contribution in [2.45, 2.75) is 117 Å². The predicted octanol–water partition coefficient (Wildman–Crippen LogP) is 4.43. The van der Waals surface area contributed by atoms with Crippen molar-refractivity contribution in [2.24, 2.45) is 63.5 Å². The largest absolute Gasteiger partial charge is 0.396 e. The molecule has 4 aliphatic rings. The van der Waals surface area contributed by atoms with Gasteiger partial charge in [-0.3, -0.25) is 0 Å². The minimum atomic E-state index is 0.219. The number of aliphatic hydroxyl groups is 4. The lowest BCUT2D eigenvalue weighted by atomic mass is 9.44. The van der Waals surface area contributed by atoms with E-state index in [4.69, 9.17) is 32.5 Å². The molecule has 240 valence electrons. The zero-order valence-corrected chi connectivity index (χ0v) is 26.5. The molecule has 0 heterocycles. The van der Waals surface area contributed by atoms with Gasteiger partial charge in [0, 0.05) is 26.4 Å². The molecule has 4 saturated carbocycles. The summed E-state index contributed by atoms with van der Waals surface area (Å²) in [4.78, 5) is 0. The highest BCUT2D eigenvalue weighted by Gasteiger charge is 2.59. The topological polar surface area (TPSA) is 159 Å². The SMILES string of the molecule is C[C@H](CCCO)C1CCC2C3CCC4CCCCC4(C)C3CCC21C.NCCCO.NCCCO.NCCCO. The van der Waals surface area contributed by atoms with Crippen molar-refractivity contribution in [1.29, 1.82) is 0 Å². The Morgan fingerprint density at radius 3 is 1.68 bits per heavy atom. The van der Waals surface area contributed by atoms with Crippen molar-refractivity contribution in [3.05, 3.63) is 0 Å². The van der Waals surface area contributed by atoms with Crippen LogP contribution in [0, 0.1) is 46.3 Å². The van der Waals surface area contributed by atoms with Gasteiger partial charge in [0.15, 0.2) is 0 Å². The Labute approximate surface area is 247 Å². The van der Waals surface area contributed by atoms with Crippen LogP contribution >= 0.6 is 0 Å². The summed E-state index contributed by atoms with van der Waals surface area (Å²) < 4.78 is 0. The number of nitrogens with two attached hydrogens (primary N) is 3. The molecule has 0 aromatic carbocycles. The van der Waals surface area contributed by atoms with Crippen LogP contribution in [-0.4, -0.2) is 66.5 Å². The molecular weight excluding hydrogens is 502 g/mol. The third kappa shape index (κ3) is 10.5. The first-order valence-electron chi connectivity index (χ1n) is 16.8. The van der Waals surface area contributed by atoms with Gasteiger partial charge in [-0.1, -0.05) is 33.6 Å². The maximum Gasteiger partial charge on any atom is 0.0443 e. The van der Waals surface area contributed by atoms with Crippen molar-refractivity contribution in [3.63, 3.8) is 0 Å². The van der Waals surface area contributed by atoms with Crippen molar-refractivity contribution in [2.75, 3.05) is 46.1 Å². The lowest BCUT2D eigenvalue weighted by Crippen LogP contribution is -2.53. The molecular formula is C33H69N3O4. The average Bonchev–Trinajstić information content (AvgIpc) is 3.31. The van der Waals surface area contributed by atoms with Crippen LogP contribution in [0.5, 0.6) is 0 Å². The second-order valence-corrected chi connectivity index (χ2v) is 13.6. The maximum absolute atomic E-state index is 9.25. The monoisotopic (exact) mass is 572 g/mol. The van der Waals surface area contributed by atoms with Crippen LogP contribution in [0.25, 0.3) is 0 Å². The van der Waals surface area contributed by atoms with E-state index in [1.54, 1.807) is 6.42 Å². The van der Waals surface area contributed by atoms with Gasteiger partial charge in [-0.15, -0.1) is 0 Å². The lowest BCUT2D eigenvalue weighted by Gasteiger charge is -2.61. The first-order chi connectivity index (χ1) is 19.2. The quantitative estimate of drug-likeness (QED) is 0.204. The molecule has 0 amide bonds. The molecule has 0 spiro atoms. The summed E-state index contributed by atoms with van der Waals surface area (Å²) in [6.07, 6.45) is 19.5. The molecule has 0 radical (unpaired) electrons. The predicted molar refractivity (Wildman–Crippen MR) is 168 cm³/mol. The fraction of sp³-hybridized carbons (Fsp3) is 1.00. The van der Waals surface area contributed by atoms with E-state index in [1.165, 1.54) is 64.2 Å². The Balaban J connectivity index is 0.000000442. The number of fused-ring (bicyclic) bond motifs is 5. The smallest absolute Gasteiger partial charge is 0.0443 e. The number of hydrogen-bond donors (Lipinski definition) is 7. The summed E-state index contributed by atoms with van der Waals surface area (Å²) in [6.45, 7) is 10.7. The number of rotatable bonds is 10. The highest BCUT2D eigenvalue weighted by atomic mass is 16.3. The minimum Gasteiger partial charge on any atom is -0.396 e. The summed E-state index contributed by atoms with van der Waals surface area (Å²) in [5.74, 6) is 5.85. The zero-order chi connectivity index (χ0) is 30.0. The lowest BCUT2D eigenvalue weighted by molar-refractivity contribution is -0.114. The summed E-state index contributed by atoms with van der Waals surface area (Å²) in [5, 5.41) is 33.2. The van der Waals surface area contributed by atoms with Crippen LogP contribution in [0.1, 0.15) is 117 Å². The number of aliphatic hydroxyl groups excluding tert-OH is 4. The van der Waals surface area contributed by atoms with Crippen molar-refractivity contribution in [1.82, 2.24) is 0 Å². The molecule has 0 bridgehead atoms. The summed E-state index contributed by atoms with van der Waals surface area (Å²) in [5.41, 5.74) is 16.2. The average molecular weight is 572 g/mol. The molecule has 7 unspecified atom stereocenters. The van der Waals surface area contributed by atoms with Gasteiger partial charge in [-0.25, -0.2) is 0 Å². The van der Waals surface area contributed by atoms with Crippen LogP contribution in [0.2, 0.25) is 0 Å². The van der Waals surface area contributed by atoms with Gasteiger partial charge in [-0.05, 0) is 149 Å². The summed E-state index contributed by atoms with van der Waals surface area (Å²) >= 11 is 0. The fourth-order valence-electron chi connectivity index (χ4n) is 9.16. The molecule has 0 aromatic rings. The highest BCUT2D eigenvalue weighted by Crippen LogP contribution is 2.68. The van der Waals surface area contributed by atoms with Gasteiger partial charge in [0.1, 0.15) is 0 Å². The second kappa shape index (κ2) is 20.6. The van der Waals surface area contributed by atoms with Crippen LogP contribution in [0.15, 0.2) is 0 Å². The number of hydrogen-bond acceptors (Lipinski definition) is 7. The Morgan fingerprint density at radius 1 is 0.625 bits per heavy atom. The van der Waals surface area contributed by atoms with Gasteiger partial charge >= 0.3 is 0 Å². The third-order valence-electron chi connectivity index (χ3n) is 11.2. The second-order valence-electron chi connectivity index (χ2n) is 13.6. The molecule has 40 heavy (non-hydrogen) atoms. The first-order valence-corrected chi connectivity index (χ1v) is 16.8. The van der Waals surface area contributed by atoms with E-state index < -0.39 is 0 Å². The Morgan fingerprint density at radius 2 is 1.18 bits per heavy atom. The van der Waals surface area contributed by atoms with E-state index in [0.29, 0.717) is 37.1 Å². The summed E-state index contributed by atoms with van der Waals surface area (Å²) in [7, 11) is 0. The standard InChI is InChI=1S/C24H42O.3C3H9NO/c1-17(7-6-16-25)20-11-12-21-19-10-9-18-8-4-5-14-23(18,2)22(19)13-15-24(20,21)3;3*4-2-1-3-5/h17-22,25H,4-16H2,1-3H3;3*5H,1-4H2/t17-,18?,19?,20?,21?,22?,23?,24?;;;/m1.../s1. The van der Waals surface area contributed by atoms with Crippen LogP contribution in [0.3, 0.4) is 0 Å². The Bertz CT molecular complexity index is 606. The highest BCUT2D eigenvalue weighted by molar-refractivity contribution is 5.09. The third-order valence-corrected chi connectivity index (χ3v) is 11.2. The van der Waals surface area contributed by atoms with E-state index in [0.717, 1.165) is 61.2 Å². The van der Waals surface area contributed by atoms with Crippen molar-refractivity contribution >= 4 is 0 Å². The molecule has 0 aliphatic heterocycles. The summed E-state index contributed by atoms with van der Waals surface area (Å²) in [6, 6.07) is 0. The van der Waals surface area contributed by atoms with Crippen molar-refractivity contribution in [3.8, 4) is 0 Å². The molecule has 8 atom stereocenters. The first kappa shape index (κ1) is 37.7. The molecule has 7 nitrogen and oxygen atoms in total. The van der Waals surface area contributed by atoms with E-state index in [2.05, 4.69) is 20.8 Å². The van der Waals surface area contributed by atoms with Gasteiger partial charge in [-0.2, -0.15) is 0 Å². The molecule has 10 N–H and O–H groups in total. The molecule has 7 heteroatoms. The zero-order valence-electron chi connectivity index (χ0n) is 26.5. The molecule has 0 saturated heterocycles. The van der Waals surface area contributed by atoms with E-state index in [9.17, 15) is 5.11 Å². The maximum atomic E-state index is 9.25. The van der Waals surface area contributed by atoms with E-state index in [-0.39, 0.29) is 19.8 Å². The normalized spacial score (nSPS) is 34.8. The van der Waals surface area contributed by atoms with Crippen LogP contribution < -0.4 is 17.2 Å². The molecule has 4 aliphatic carbocycles.